The van der Waals surface area contributed by atoms with Crippen LogP contribution in [0.3, 0.4) is 0 Å². The molecule has 1 aliphatic rings. The first kappa shape index (κ1) is 11.5. The second-order valence-corrected chi connectivity index (χ2v) is 5.79. The second-order valence-electron chi connectivity index (χ2n) is 4.73. The molecule has 0 fully saturated rings. The summed E-state index contributed by atoms with van der Waals surface area (Å²) < 4.78 is 0. The number of thiazole rings is 1. The van der Waals surface area contributed by atoms with Crippen LogP contribution in [0.4, 0.5) is 11.4 Å². The molecule has 0 atom stereocenters. The molecule has 0 saturated heterocycles. The van der Waals surface area contributed by atoms with Gasteiger partial charge in [0.15, 0.2) is 0 Å². The van der Waals surface area contributed by atoms with Crippen LogP contribution in [-0.2, 0) is 13.0 Å². The van der Waals surface area contributed by atoms with Crippen molar-refractivity contribution in [3.05, 3.63) is 39.8 Å². The number of hydrogen-bond donors (Lipinski definition) is 1. The molecule has 4 heteroatoms. The zero-order valence-corrected chi connectivity index (χ0v) is 11.3. The van der Waals surface area contributed by atoms with E-state index in [1.54, 1.807) is 11.3 Å². The van der Waals surface area contributed by atoms with Crippen molar-refractivity contribution >= 4 is 22.7 Å². The Hall–Kier alpha value is -1.55. The molecule has 0 bridgehead atoms. The third-order valence-electron chi connectivity index (χ3n) is 3.40. The zero-order valence-electron chi connectivity index (χ0n) is 10.5. The molecule has 3 rings (SSSR count). The van der Waals surface area contributed by atoms with Crippen LogP contribution in [0.5, 0.6) is 0 Å². The summed E-state index contributed by atoms with van der Waals surface area (Å²) in [7, 11) is 0. The summed E-state index contributed by atoms with van der Waals surface area (Å²) in [4.78, 5) is 6.94. The van der Waals surface area contributed by atoms with Crippen molar-refractivity contribution in [1.29, 1.82) is 0 Å². The number of nitrogens with zero attached hydrogens (tertiary/aromatic N) is 2. The number of fused-ring (bicyclic) bond motifs is 1. The first-order valence-electron chi connectivity index (χ1n) is 6.27. The standard InChI is InChI=1S/C14H17N3S/c1-10-16-11(9-18-10)8-17-7-3-4-12-13(15)5-2-6-14(12)17/h2,5-6,9H,3-4,7-8,15H2,1H3. The van der Waals surface area contributed by atoms with Gasteiger partial charge in [-0.2, -0.15) is 0 Å². The van der Waals surface area contributed by atoms with E-state index in [0.29, 0.717) is 0 Å². The van der Waals surface area contributed by atoms with E-state index in [1.807, 2.05) is 12.1 Å². The highest BCUT2D eigenvalue weighted by Gasteiger charge is 2.19. The van der Waals surface area contributed by atoms with Crippen LogP contribution in [0.25, 0.3) is 0 Å². The van der Waals surface area contributed by atoms with Crippen molar-refractivity contribution in [1.82, 2.24) is 4.98 Å². The molecule has 0 saturated carbocycles. The Kier molecular flexibility index (Phi) is 2.96. The monoisotopic (exact) mass is 259 g/mol. The molecule has 2 aromatic rings. The zero-order chi connectivity index (χ0) is 12.5. The largest absolute Gasteiger partial charge is 0.398 e. The molecular formula is C14H17N3S. The Morgan fingerprint density at radius 2 is 2.33 bits per heavy atom. The minimum absolute atomic E-state index is 0.890. The summed E-state index contributed by atoms with van der Waals surface area (Å²) in [5.41, 5.74) is 10.7. The average Bonchev–Trinajstić information content (AvgIpc) is 2.76. The fraction of sp³-hybridized carbons (Fsp3) is 0.357. The number of anilines is 2. The summed E-state index contributed by atoms with van der Waals surface area (Å²) in [5.74, 6) is 0. The van der Waals surface area contributed by atoms with E-state index in [1.165, 1.54) is 17.7 Å². The number of aromatic nitrogens is 1. The van der Waals surface area contributed by atoms with E-state index in [2.05, 4.69) is 28.3 Å². The molecule has 2 heterocycles. The maximum absolute atomic E-state index is 6.06. The van der Waals surface area contributed by atoms with Gasteiger partial charge in [0.05, 0.1) is 17.2 Å². The van der Waals surface area contributed by atoms with Crippen LogP contribution in [0.2, 0.25) is 0 Å². The lowest BCUT2D eigenvalue weighted by molar-refractivity contribution is 0.686. The molecule has 3 nitrogen and oxygen atoms in total. The van der Waals surface area contributed by atoms with Crippen molar-refractivity contribution < 1.29 is 0 Å². The van der Waals surface area contributed by atoms with Gasteiger partial charge >= 0.3 is 0 Å². The molecule has 1 aliphatic heterocycles. The number of benzene rings is 1. The maximum atomic E-state index is 6.06. The van der Waals surface area contributed by atoms with E-state index in [4.69, 9.17) is 5.73 Å². The first-order valence-corrected chi connectivity index (χ1v) is 7.15. The Morgan fingerprint density at radius 1 is 1.44 bits per heavy atom. The summed E-state index contributed by atoms with van der Waals surface area (Å²) in [6.07, 6.45) is 2.26. The number of hydrogen-bond acceptors (Lipinski definition) is 4. The van der Waals surface area contributed by atoms with Crippen LogP contribution in [0.1, 0.15) is 22.7 Å². The van der Waals surface area contributed by atoms with Crippen molar-refractivity contribution in [3.8, 4) is 0 Å². The van der Waals surface area contributed by atoms with E-state index in [9.17, 15) is 0 Å². The lowest BCUT2D eigenvalue weighted by Gasteiger charge is -2.31. The SMILES string of the molecule is Cc1nc(CN2CCCc3c(N)cccc32)cs1. The fourth-order valence-corrected chi connectivity index (χ4v) is 3.17. The molecule has 1 aromatic heterocycles. The summed E-state index contributed by atoms with van der Waals surface area (Å²) in [6.45, 7) is 4.03. The lowest BCUT2D eigenvalue weighted by Crippen LogP contribution is -2.29. The van der Waals surface area contributed by atoms with Crippen LogP contribution in [0.15, 0.2) is 23.6 Å². The van der Waals surface area contributed by atoms with Gasteiger partial charge in [-0.3, -0.25) is 0 Å². The molecule has 0 radical (unpaired) electrons. The highest BCUT2D eigenvalue weighted by Crippen LogP contribution is 2.32. The highest BCUT2D eigenvalue weighted by molar-refractivity contribution is 7.09. The Morgan fingerprint density at radius 3 is 3.11 bits per heavy atom. The minimum atomic E-state index is 0.890. The van der Waals surface area contributed by atoms with Crippen LogP contribution >= 0.6 is 11.3 Å². The van der Waals surface area contributed by atoms with E-state index in [0.717, 1.165) is 35.9 Å². The molecular weight excluding hydrogens is 242 g/mol. The number of nitrogen functional groups attached to an aromatic ring is 1. The highest BCUT2D eigenvalue weighted by atomic mass is 32.1. The maximum Gasteiger partial charge on any atom is 0.0898 e. The summed E-state index contributed by atoms with van der Waals surface area (Å²) in [6, 6.07) is 6.21. The minimum Gasteiger partial charge on any atom is -0.398 e. The number of rotatable bonds is 2. The Bertz CT molecular complexity index is 562. The van der Waals surface area contributed by atoms with E-state index >= 15 is 0 Å². The second kappa shape index (κ2) is 4.61. The fourth-order valence-electron chi connectivity index (χ4n) is 2.57. The molecule has 0 aliphatic carbocycles. The molecule has 94 valence electrons. The quantitative estimate of drug-likeness (QED) is 0.843. The predicted molar refractivity (Wildman–Crippen MR) is 77.1 cm³/mol. The lowest BCUT2D eigenvalue weighted by atomic mass is 10.00. The van der Waals surface area contributed by atoms with Crippen molar-refractivity contribution in [2.75, 3.05) is 17.2 Å². The molecule has 2 N–H and O–H groups in total. The van der Waals surface area contributed by atoms with E-state index in [-0.39, 0.29) is 0 Å². The molecule has 0 spiro atoms. The predicted octanol–water partition coefficient (Wildman–Crippen LogP) is 2.99. The van der Waals surface area contributed by atoms with Crippen molar-refractivity contribution in [2.45, 2.75) is 26.3 Å². The van der Waals surface area contributed by atoms with Crippen LogP contribution in [-0.4, -0.2) is 11.5 Å². The normalized spacial score (nSPS) is 14.6. The Balaban J connectivity index is 1.89. The summed E-state index contributed by atoms with van der Waals surface area (Å²) >= 11 is 1.71. The van der Waals surface area contributed by atoms with Crippen molar-refractivity contribution in [2.24, 2.45) is 0 Å². The number of aryl methyl sites for hydroxylation is 1. The third-order valence-corrected chi connectivity index (χ3v) is 4.22. The molecule has 0 unspecified atom stereocenters. The number of nitrogens with two attached hydrogens (primary N) is 1. The van der Waals surface area contributed by atoms with Gasteiger partial charge in [-0.05, 0) is 37.5 Å². The van der Waals surface area contributed by atoms with Gasteiger partial charge in [0.2, 0.25) is 0 Å². The first-order chi connectivity index (χ1) is 8.74. The average molecular weight is 259 g/mol. The summed E-state index contributed by atoms with van der Waals surface area (Å²) in [5, 5.41) is 3.28. The van der Waals surface area contributed by atoms with Gasteiger partial charge in [-0.15, -0.1) is 11.3 Å². The smallest absolute Gasteiger partial charge is 0.0898 e. The Labute approximate surface area is 111 Å². The van der Waals surface area contributed by atoms with Gasteiger partial charge in [0.25, 0.3) is 0 Å². The van der Waals surface area contributed by atoms with Gasteiger partial charge in [0, 0.05) is 23.3 Å². The van der Waals surface area contributed by atoms with Gasteiger partial charge in [-0.1, -0.05) is 6.07 Å². The van der Waals surface area contributed by atoms with Crippen LogP contribution < -0.4 is 10.6 Å². The van der Waals surface area contributed by atoms with E-state index < -0.39 is 0 Å². The van der Waals surface area contributed by atoms with Crippen molar-refractivity contribution in [3.63, 3.8) is 0 Å². The van der Waals surface area contributed by atoms with Gasteiger partial charge in [0.1, 0.15) is 0 Å². The topological polar surface area (TPSA) is 42.2 Å². The third kappa shape index (κ3) is 2.08. The molecule has 1 aromatic carbocycles. The van der Waals surface area contributed by atoms with Gasteiger partial charge in [-0.25, -0.2) is 4.98 Å². The van der Waals surface area contributed by atoms with Gasteiger partial charge < -0.3 is 10.6 Å². The van der Waals surface area contributed by atoms with Crippen LogP contribution in [0, 0.1) is 6.92 Å². The molecule has 18 heavy (non-hydrogen) atoms. The molecule has 0 amide bonds.